The second-order valence-corrected chi connectivity index (χ2v) is 3.54. The average Bonchev–Trinajstić information content (AvgIpc) is 2.35. The summed E-state index contributed by atoms with van der Waals surface area (Å²) in [7, 11) is 0. The van der Waals surface area contributed by atoms with Crippen LogP contribution in [0.25, 0.3) is 0 Å². The highest BCUT2D eigenvalue weighted by Gasteiger charge is 2.15. The summed E-state index contributed by atoms with van der Waals surface area (Å²) in [6.45, 7) is 0. The fourth-order valence-electron chi connectivity index (χ4n) is 1.37. The molecule has 0 saturated heterocycles. The van der Waals surface area contributed by atoms with Gasteiger partial charge in [0.15, 0.2) is 0 Å². The van der Waals surface area contributed by atoms with E-state index < -0.39 is 17.5 Å². The van der Waals surface area contributed by atoms with Crippen LogP contribution in [-0.4, -0.2) is 10.9 Å². The minimum atomic E-state index is -0.965. The number of nitrogens with one attached hydrogen (secondary N) is 1. The Labute approximate surface area is 101 Å². The molecule has 0 aliphatic rings. The number of anilines is 2. The molecule has 3 N–H and O–H groups in total. The van der Waals surface area contributed by atoms with Gasteiger partial charge in [-0.3, -0.25) is 9.78 Å². The molecular formula is C12H9F2N3O. The number of nitrogen functional groups attached to an aromatic ring is 1. The minimum Gasteiger partial charge on any atom is -0.396 e. The zero-order chi connectivity index (χ0) is 13.1. The first-order valence-electron chi connectivity index (χ1n) is 5.04. The number of nitrogens with two attached hydrogens (primary N) is 1. The van der Waals surface area contributed by atoms with Crippen LogP contribution in [0.15, 0.2) is 36.7 Å². The normalized spacial score (nSPS) is 10.1. The predicted octanol–water partition coefficient (Wildman–Crippen LogP) is 2.19. The standard InChI is InChI=1S/C12H9F2N3O/c13-9-6-10(14)11(15)5-8(9)12(18)17-7-1-3-16-4-2-7/h1-6H,15H2,(H,16,17,18). The smallest absolute Gasteiger partial charge is 0.258 e. The number of pyridine rings is 1. The molecule has 1 aromatic carbocycles. The lowest BCUT2D eigenvalue weighted by Gasteiger charge is -2.07. The zero-order valence-corrected chi connectivity index (χ0v) is 9.15. The number of halogens is 2. The molecule has 92 valence electrons. The van der Waals surface area contributed by atoms with Crippen LogP contribution >= 0.6 is 0 Å². The van der Waals surface area contributed by atoms with Gasteiger partial charge in [0.05, 0.1) is 11.3 Å². The molecular weight excluding hydrogens is 240 g/mol. The minimum absolute atomic E-state index is 0.281. The third-order valence-electron chi connectivity index (χ3n) is 2.27. The molecule has 6 heteroatoms. The van der Waals surface area contributed by atoms with Gasteiger partial charge in [-0.25, -0.2) is 8.78 Å². The van der Waals surface area contributed by atoms with Crippen molar-refractivity contribution in [3.05, 3.63) is 53.9 Å². The quantitative estimate of drug-likeness (QED) is 0.801. The Kier molecular flexibility index (Phi) is 3.18. The Morgan fingerprint density at radius 1 is 1.17 bits per heavy atom. The van der Waals surface area contributed by atoms with Gasteiger partial charge in [0.2, 0.25) is 0 Å². The fourth-order valence-corrected chi connectivity index (χ4v) is 1.37. The van der Waals surface area contributed by atoms with Crippen molar-refractivity contribution in [2.24, 2.45) is 0 Å². The van der Waals surface area contributed by atoms with Crippen LogP contribution in [0.3, 0.4) is 0 Å². The van der Waals surface area contributed by atoms with Gasteiger partial charge in [-0.05, 0) is 18.2 Å². The number of amides is 1. The number of benzene rings is 1. The summed E-state index contributed by atoms with van der Waals surface area (Å²) >= 11 is 0. The van der Waals surface area contributed by atoms with Crippen molar-refractivity contribution >= 4 is 17.3 Å². The largest absolute Gasteiger partial charge is 0.396 e. The van der Waals surface area contributed by atoms with Crippen molar-refractivity contribution in [1.82, 2.24) is 4.98 Å². The molecule has 1 aromatic heterocycles. The summed E-state index contributed by atoms with van der Waals surface area (Å²) in [5, 5.41) is 2.45. The second-order valence-electron chi connectivity index (χ2n) is 3.54. The number of hydrogen-bond acceptors (Lipinski definition) is 3. The zero-order valence-electron chi connectivity index (χ0n) is 9.15. The van der Waals surface area contributed by atoms with E-state index in [1.165, 1.54) is 12.4 Å². The van der Waals surface area contributed by atoms with E-state index in [0.717, 1.165) is 6.07 Å². The van der Waals surface area contributed by atoms with Crippen LogP contribution in [0.5, 0.6) is 0 Å². The first kappa shape index (κ1) is 12.0. The number of carbonyl (C=O) groups excluding carboxylic acids is 1. The van der Waals surface area contributed by atoms with Gasteiger partial charge in [-0.15, -0.1) is 0 Å². The summed E-state index contributed by atoms with van der Waals surface area (Å²) in [5.74, 6) is -2.56. The van der Waals surface area contributed by atoms with E-state index in [1.54, 1.807) is 12.1 Å². The molecule has 0 fully saturated rings. The third kappa shape index (κ3) is 2.42. The second kappa shape index (κ2) is 4.79. The number of hydrogen-bond donors (Lipinski definition) is 2. The van der Waals surface area contributed by atoms with E-state index in [1.807, 2.05) is 0 Å². The topological polar surface area (TPSA) is 68.0 Å². The SMILES string of the molecule is Nc1cc(C(=O)Nc2ccncc2)c(F)cc1F. The van der Waals surface area contributed by atoms with Gasteiger partial charge >= 0.3 is 0 Å². The van der Waals surface area contributed by atoms with Crippen molar-refractivity contribution in [1.29, 1.82) is 0 Å². The predicted molar refractivity (Wildman–Crippen MR) is 63.0 cm³/mol. The Bertz CT molecular complexity index is 587. The summed E-state index contributed by atoms with van der Waals surface area (Å²) < 4.78 is 26.4. The molecule has 1 amide bonds. The van der Waals surface area contributed by atoms with Crippen LogP contribution in [0.2, 0.25) is 0 Å². The summed E-state index contributed by atoms with van der Waals surface area (Å²) in [5.41, 5.74) is 5.15. The highest BCUT2D eigenvalue weighted by molar-refractivity contribution is 6.04. The summed E-state index contributed by atoms with van der Waals surface area (Å²) in [6, 6.07) is 4.63. The van der Waals surface area contributed by atoms with E-state index >= 15 is 0 Å². The molecule has 2 rings (SSSR count). The first-order valence-corrected chi connectivity index (χ1v) is 5.04. The average molecular weight is 249 g/mol. The Morgan fingerprint density at radius 2 is 1.83 bits per heavy atom. The Balaban J connectivity index is 2.27. The van der Waals surface area contributed by atoms with Crippen LogP contribution < -0.4 is 11.1 Å². The molecule has 0 unspecified atom stereocenters. The van der Waals surface area contributed by atoms with Crippen LogP contribution in [0.4, 0.5) is 20.2 Å². The number of nitrogens with zero attached hydrogens (tertiary/aromatic N) is 1. The van der Waals surface area contributed by atoms with Crippen molar-refractivity contribution < 1.29 is 13.6 Å². The highest BCUT2D eigenvalue weighted by Crippen LogP contribution is 2.18. The monoisotopic (exact) mass is 249 g/mol. The van der Waals surface area contributed by atoms with Crippen molar-refractivity contribution in [3.63, 3.8) is 0 Å². The molecule has 0 atom stereocenters. The maximum absolute atomic E-state index is 13.4. The Hall–Kier alpha value is -2.50. The fraction of sp³-hybridized carbons (Fsp3) is 0. The maximum Gasteiger partial charge on any atom is 0.258 e. The van der Waals surface area contributed by atoms with Crippen molar-refractivity contribution in [3.8, 4) is 0 Å². The van der Waals surface area contributed by atoms with E-state index in [-0.39, 0.29) is 11.3 Å². The van der Waals surface area contributed by atoms with Crippen LogP contribution in [0.1, 0.15) is 10.4 Å². The molecule has 0 aliphatic carbocycles. The van der Waals surface area contributed by atoms with Gasteiger partial charge in [0.1, 0.15) is 11.6 Å². The number of aromatic nitrogens is 1. The summed E-state index contributed by atoms with van der Waals surface area (Å²) in [6.07, 6.45) is 2.95. The van der Waals surface area contributed by atoms with Gasteiger partial charge in [-0.1, -0.05) is 0 Å². The lowest BCUT2D eigenvalue weighted by molar-refractivity contribution is 0.102. The van der Waals surface area contributed by atoms with Crippen LogP contribution in [0, 0.1) is 11.6 Å². The molecule has 0 bridgehead atoms. The van der Waals surface area contributed by atoms with E-state index in [9.17, 15) is 13.6 Å². The van der Waals surface area contributed by atoms with E-state index in [4.69, 9.17) is 5.73 Å². The van der Waals surface area contributed by atoms with E-state index in [2.05, 4.69) is 10.3 Å². The lowest BCUT2D eigenvalue weighted by Crippen LogP contribution is -2.14. The van der Waals surface area contributed by atoms with Crippen molar-refractivity contribution in [2.45, 2.75) is 0 Å². The molecule has 2 aromatic rings. The number of rotatable bonds is 2. The molecule has 0 saturated carbocycles. The highest BCUT2D eigenvalue weighted by atomic mass is 19.1. The molecule has 0 aliphatic heterocycles. The van der Waals surface area contributed by atoms with Gasteiger partial charge in [-0.2, -0.15) is 0 Å². The van der Waals surface area contributed by atoms with Gasteiger partial charge in [0.25, 0.3) is 5.91 Å². The van der Waals surface area contributed by atoms with E-state index in [0.29, 0.717) is 11.8 Å². The Morgan fingerprint density at radius 3 is 2.50 bits per heavy atom. The lowest BCUT2D eigenvalue weighted by atomic mass is 10.1. The maximum atomic E-state index is 13.4. The molecule has 18 heavy (non-hydrogen) atoms. The molecule has 1 heterocycles. The van der Waals surface area contributed by atoms with Gasteiger partial charge < -0.3 is 11.1 Å². The van der Waals surface area contributed by atoms with Gasteiger partial charge in [0, 0.05) is 24.1 Å². The molecule has 0 radical (unpaired) electrons. The van der Waals surface area contributed by atoms with Crippen LogP contribution in [-0.2, 0) is 0 Å². The molecule has 0 spiro atoms. The first-order chi connectivity index (χ1) is 8.58. The number of carbonyl (C=O) groups is 1. The molecule has 4 nitrogen and oxygen atoms in total. The van der Waals surface area contributed by atoms with Crippen molar-refractivity contribution in [2.75, 3.05) is 11.1 Å². The summed E-state index contributed by atoms with van der Waals surface area (Å²) in [4.78, 5) is 15.5. The third-order valence-corrected chi connectivity index (χ3v) is 2.27.